The molecule has 0 radical (unpaired) electrons. The van der Waals surface area contributed by atoms with E-state index in [-0.39, 0.29) is 23.7 Å². The van der Waals surface area contributed by atoms with Crippen molar-refractivity contribution in [3.05, 3.63) is 70.9 Å². The number of nitrogens with one attached hydrogen (secondary N) is 2. The summed E-state index contributed by atoms with van der Waals surface area (Å²) in [7, 11) is 0. The van der Waals surface area contributed by atoms with Crippen LogP contribution in [0.3, 0.4) is 0 Å². The summed E-state index contributed by atoms with van der Waals surface area (Å²) in [6.45, 7) is 7.54. The van der Waals surface area contributed by atoms with Crippen molar-refractivity contribution >= 4 is 34.3 Å². The van der Waals surface area contributed by atoms with Crippen molar-refractivity contribution in [3.8, 4) is 0 Å². The van der Waals surface area contributed by atoms with E-state index < -0.39 is 5.41 Å². The zero-order valence-corrected chi connectivity index (χ0v) is 20.3. The fourth-order valence-electron chi connectivity index (χ4n) is 4.69. The quantitative estimate of drug-likeness (QED) is 0.533. The minimum atomic E-state index is -0.392. The molecule has 2 heterocycles. The zero-order valence-electron chi connectivity index (χ0n) is 19.5. The first-order valence-corrected chi connectivity index (χ1v) is 12.0. The molecule has 1 atom stereocenters. The molecule has 1 fully saturated rings. The number of rotatable bonds is 5. The minimum absolute atomic E-state index is 0.0507. The van der Waals surface area contributed by atoms with E-state index in [1.54, 1.807) is 0 Å². The zero-order chi connectivity index (χ0) is 23.6. The summed E-state index contributed by atoms with van der Waals surface area (Å²) in [4.78, 5) is 30.9. The number of H-pyrrole nitrogens is 1. The van der Waals surface area contributed by atoms with Gasteiger partial charge in [-0.3, -0.25) is 9.59 Å². The molecule has 5 nitrogen and oxygen atoms in total. The smallest absolute Gasteiger partial charge is 0.227 e. The second-order valence-corrected chi connectivity index (χ2v) is 10.3. The van der Waals surface area contributed by atoms with E-state index in [4.69, 9.17) is 11.6 Å². The second-order valence-electron chi connectivity index (χ2n) is 9.93. The lowest BCUT2D eigenvalue weighted by molar-refractivity contribution is -0.142. The van der Waals surface area contributed by atoms with Crippen LogP contribution in [0.15, 0.2) is 54.7 Å². The van der Waals surface area contributed by atoms with Gasteiger partial charge in [0.25, 0.3) is 0 Å². The molecule has 2 aromatic carbocycles. The number of nitrogens with zero attached hydrogens (tertiary/aromatic N) is 1. The van der Waals surface area contributed by atoms with Crippen molar-refractivity contribution in [2.24, 2.45) is 11.3 Å². The van der Waals surface area contributed by atoms with Crippen molar-refractivity contribution in [2.45, 2.75) is 39.5 Å². The minimum Gasteiger partial charge on any atom is -0.361 e. The number of fused-ring (bicyclic) bond motifs is 1. The maximum atomic E-state index is 13.1. The van der Waals surface area contributed by atoms with Crippen LogP contribution >= 0.6 is 11.6 Å². The van der Waals surface area contributed by atoms with E-state index in [1.165, 1.54) is 0 Å². The van der Waals surface area contributed by atoms with Crippen molar-refractivity contribution in [2.75, 3.05) is 19.6 Å². The highest BCUT2D eigenvalue weighted by molar-refractivity contribution is 6.31. The fraction of sp³-hybridized carbons (Fsp3) is 0.407. The maximum Gasteiger partial charge on any atom is 0.227 e. The van der Waals surface area contributed by atoms with Crippen molar-refractivity contribution < 1.29 is 9.59 Å². The van der Waals surface area contributed by atoms with Crippen LogP contribution in [0.5, 0.6) is 0 Å². The third-order valence-corrected chi connectivity index (χ3v) is 6.90. The van der Waals surface area contributed by atoms with Gasteiger partial charge in [-0.05, 0) is 36.1 Å². The Balaban J connectivity index is 1.48. The molecule has 1 aliphatic rings. The Morgan fingerprint density at radius 3 is 2.42 bits per heavy atom. The van der Waals surface area contributed by atoms with Crippen molar-refractivity contribution in [3.63, 3.8) is 0 Å². The maximum absolute atomic E-state index is 13.1. The third-order valence-electron chi connectivity index (χ3n) is 6.55. The molecule has 1 aromatic heterocycles. The molecule has 33 heavy (non-hydrogen) atoms. The van der Waals surface area contributed by atoms with Crippen molar-refractivity contribution in [1.29, 1.82) is 0 Å². The molecule has 1 aliphatic heterocycles. The van der Waals surface area contributed by atoms with Gasteiger partial charge >= 0.3 is 0 Å². The van der Waals surface area contributed by atoms with E-state index in [0.717, 1.165) is 22.0 Å². The molecule has 0 saturated carbocycles. The van der Waals surface area contributed by atoms with Crippen LogP contribution in [0.1, 0.15) is 50.7 Å². The number of piperidine rings is 1. The highest BCUT2D eigenvalue weighted by Gasteiger charge is 2.32. The molecule has 0 aliphatic carbocycles. The van der Waals surface area contributed by atoms with Crippen LogP contribution in [0.2, 0.25) is 5.02 Å². The van der Waals surface area contributed by atoms with Gasteiger partial charge in [-0.25, -0.2) is 0 Å². The van der Waals surface area contributed by atoms with E-state index in [1.807, 2.05) is 74.3 Å². The number of benzene rings is 2. The van der Waals surface area contributed by atoms with E-state index >= 15 is 0 Å². The molecule has 1 saturated heterocycles. The van der Waals surface area contributed by atoms with Crippen LogP contribution in [0.4, 0.5) is 0 Å². The third kappa shape index (κ3) is 5.09. The van der Waals surface area contributed by atoms with Gasteiger partial charge in [0.2, 0.25) is 11.8 Å². The monoisotopic (exact) mass is 465 g/mol. The number of hydrogen-bond acceptors (Lipinski definition) is 2. The largest absolute Gasteiger partial charge is 0.361 e. The lowest BCUT2D eigenvalue weighted by atomic mass is 9.89. The van der Waals surface area contributed by atoms with Crippen LogP contribution in [0, 0.1) is 11.3 Å². The summed E-state index contributed by atoms with van der Waals surface area (Å²) in [6, 6.07) is 16.0. The number of para-hydroxylation sites is 1. The Kier molecular flexibility index (Phi) is 6.80. The van der Waals surface area contributed by atoms with Gasteiger partial charge in [-0.15, -0.1) is 0 Å². The predicted octanol–water partition coefficient (Wildman–Crippen LogP) is 5.35. The molecule has 0 bridgehead atoms. The first-order chi connectivity index (χ1) is 15.8. The summed E-state index contributed by atoms with van der Waals surface area (Å²) in [5.41, 5.74) is 2.78. The van der Waals surface area contributed by atoms with Crippen LogP contribution in [-0.2, 0) is 9.59 Å². The summed E-state index contributed by atoms with van der Waals surface area (Å²) >= 11 is 6.57. The molecular formula is C27H32ClN3O2. The highest BCUT2D eigenvalue weighted by Crippen LogP contribution is 2.34. The Hall–Kier alpha value is -2.79. The summed E-state index contributed by atoms with van der Waals surface area (Å²) in [5.74, 6) is 0.0551. The SMILES string of the molecule is CC(C)(C)C(=O)N1CCC(C(=O)NCC(c2ccccc2Cl)c2c[nH]c3ccccc23)CC1. The number of amides is 2. The fourth-order valence-corrected chi connectivity index (χ4v) is 4.96. The number of likely N-dealkylation sites (tertiary alicyclic amines) is 1. The second kappa shape index (κ2) is 9.60. The molecule has 0 spiro atoms. The lowest BCUT2D eigenvalue weighted by Gasteiger charge is -2.35. The summed E-state index contributed by atoms with van der Waals surface area (Å²) in [6.07, 6.45) is 3.40. The van der Waals surface area contributed by atoms with Crippen LogP contribution in [-0.4, -0.2) is 41.3 Å². The first kappa shape index (κ1) is 23.4. The van der Waals surface area contributed by atoms with Gasteiger partial charge in [-0.1, -0.05) is 68.8 Å². The summed E-state index contributed by atoms with van der Waals surface area (Å²) in [5, 5.41) is 5.01. The number of aromatic amines is 1. The Bertz CT molecular complexity index is 1140. The summed E-state index contributed by atoms with van der Waals surface area (Å²) < 4.78 is 0. The van der Waals surface area contributed by atoms with Gasteiger partial charge in [0.15, 0.2) is 0 Å². The van der Waals surface area contributed by atoms with Crippen LogP contribution in [0.25, 0.3) is 10.9 Å². The van der Waals surface area contributed by atoms with E-state index in [0.29, 0.717) is 37.5 Å². The number of aromatic nitrogens is 1. The number of carbonyl (C=O) groups is 2. The molecular weight excluding hydrogens is 434 g/mol. The Morgan fingerprint density at radius 2 is 1.73 bits per heavy atom. The van der Waals surface area contributed by atoms with Gasteiger partial charge < -0.3 is 15.2 Å². The van der Waals surface area contributed by atoms with Gasteiger partial charge in [0.05, 0.1) is 0 Å². The lowest BCUT2D eigenvalue weighted by Crippen LogP contribution is -2.47. The average molecular weight is 466 g/mol. The highest BCUT2D eigenvalue weighted by atomic mass is 35.5. The molecule has 2 amide bonds. The standard InChI is InChI=1S/C27H32ClN3O2/c1-27(2,3)26(33)31-14-12-18(13-15-31)25(32)30-17-21(19-8-4-6-10-23(19)28)22-16-29-24-11-7-5-9-20(22)24/h4-11,16,18,21,29H,12-15,17H2,1-3H3,(H,30,32). The van der Waals surface area contributed by atoms with Gasteiger partial charge in [0.1, 0.15) is 0 Å². The molecule has 1 unspecified atom stereocenters. The number of hydrogen-bond donors (Lipinski definition) is 2. The van der Waals surface area contributed by atoms with E-state index in [2.05, 4.69) is 16.4 Å². The normalized spacial score (nSPS) is 16.1. The topological polar surface area (TPSA) is 65.2 Å². The van der Waals surface area contributed by atoms with Gasteiger partial charge in [-0.2, -0.15) is 0 Å². The van der Waals surface area contributed by atoms with Crippen molar-refractivity contribution in [1.82, 2.24) is 15.2 Å². The first-order valence-electron chi connectivity index (χ1n) is 11.6. The van der Waals surface area contributed by atoms with Crippen LogP contribution < -0.4 is 5.32 Å². The Morgan fingerprint density at radius 1 is 1.06 bits per heavy atom. The number of carbonyl (C=O) groups excluding carboxylic acids is 2. The van der Waals surface area contributed by atoms with E-state index in [9.17, 15) is 9.59 Å². The molecule has 3 aromatic rings. The molecule has 4 rings (SSSR count). The van der Waals surface area contributed by atoms with Gasteiger partial charge in [0, 0.05) is 59.0 Å². The predicted molar refractivity (Wildman–Crippen MR) is 133 cm³/mol. The molecule has 2 N–H and O–H groups in total. The average Bonchev–Trinajstić information content (AvgIpc) is 3.23. The number of halogens is 1. The molecule has 6 heteroatoms. The Labute approximate surface area is 200 Å². The molecule has 174 valence electrons.